The maximum atomic E-state index is 13.2. The summed E-state index contributed by atoms with van der Waals surface area (Å²) < 4.78 is 0. The van der Waals surface area contributed by atoms with E-state index in [1.54, 1.807) is 16.2 Å². The van der Waals surface area contributed by atoms with Crippen LogP contribution in [-0.2, 0) is 6.54 Å². The SMILES string of the molecule is [CH2]C(C)N(Cc1ccccc1)C(=O)c1nc(C)sc1-c1ccccc1. The van der Waals surface area contributed by atoms with Gasteiger partial charge in [0.1, 0.15) is 5.69 Å². The Balaban J connectivity index is 1.96. The summed E-state index contributed by atoms with van der Waals surface area (Å²) in [7, 11) is 0. The number of rotatable bonds is 5. The van der Waals surface area contributed by atoms with Crippen LogP contribution >= 0.6 is 11.3 Å². The molecule has 2 aromatic carbocycles. The Labute approximate surface area is 153 Å². The molecule has 1 amide bonds. The smallest absolute Gasteiger partial charge is 0.274 e. The van der Waals surface area contributed by atoms with E-state index in [9.17, 15) is 4.79 Å². The summed E-state index contributed by atoms with van der Waals surface area (Å²) in [6.07, 6.45) is 0. The Hall–Kier alpha value is -2.46. The monoisotopic (exact) mass is 349 g/mol. The molecule has 0 saturated carbocycles. The van der Waals surface area contributed by atoms with Crippen molar-refractivity contribution in [3.63, 3.8) is 0 Å². The van der Waals surface area contributed by atoms with Gasteiger partial charge >= 0.3 is 0 Å². The van der Waals surface area contributed by atoms with Gasteiger partial charge in [-0.3, -0.25) is 4.79 Å². The Morgan fingerprint density at radius 1 is 1.12 bits per heavy atom. The largest absolute Gasteiger partial charge is 0.330 e. The van der Waals surface area contributed by atoms with Gasteiger partial charge in [-0.15, -0.1) is 11.3 Å². The first-order valence-electron chi connectivity index (χ1n) is 8.27. The number of benzene rings is 2. The Bertz CT molecular complexity index is 841. The zero-order chi connectivity index (χ0) is 17.8. The van der Waals surface area contributed by atoms with Crippen molar-refractivity contribution in [2.75, 3.05) is 0 Å². The summed E-state index contributed by atoms with van der Waals surface area (Å²) in [4.78, 5) is 20.5. The van der Waals surface area contributed by atoms with E-state index in [4.69, 9.17) is 0 Å². The molecule has 0 aliphatic heterocycles. The van der Waals surface area contributed by atoms with Gasteiger partial charge in [0.25, 0.3) is 5.91 Å². The highest BCUT2D eigenvalue weighted by atomic mass is 32.1. The first-order chi connectivity index (χ1) is 12.1. The lowest BCUT2D eigenvalue weighted by molar-refractivity contribution is 0.0703. The molecular weight excluding hydrogens is 328 g/mol. The third kappa shape index (κ3) is 3.97. The normalized spacial score (nSPS) is 10.9. The molecule has 1 heterocycles. The van der Waals surface area contributed by atoms with Crippen LogP contribution in [0.5, 0.6) is 0 Å². The lowest BCUT2D eigenvalue weighted by Gasteiger charge is -2.26. The van der Waals surface area contributed by atoms with E-state index >= 15 is 0 Å². The molecule has 127 valence electrons. The molecule has 0 aliphatic rings. The number of aryl methyl sites for hydroxylation is 1. The number of thiazole rings is 1. The van der Waals surface area contributed by atoms with Crippen LogP contribution in [0.2, 0.25) is 0 Å². The van der Waals surface area contributed by atoms with Crippen LogP contribution in [0.1, 0.15) is 28.0 Å². The Morgan fingerprint density at radius 3 is 2.32 bits per heavy atom. The zero-order valence-corrected chi connectivity index (χ0v) is 15.3. The molecule has 1 atom stereocenters. The maximum Gasteiger partial charge on any atom is 0.274 e. The van der Waals surface area contributed by atoms with Crippen molar-refractivity contribution in [2.45, 2.75) is 26.4 Å². The van der Waals surface area contributed by atoms with E-state index in [0.29, 0.717) is 12.2 Å². The van der Waals surface area contributed by atoms with E-state index in [-0.39, 0.29) is 11.9 Å². The molecule has 3 aromatic rings. The number of carbonyl (C=O) groups is 1. The number of hydrogen-bond acceptors (Lipinski definition) is 3. The lowest BCUT2D eigenvalue weighted by Crippen LogP contribution is -2.37. The number of amides is 1. The van der Waals surface area contributed by atoms with Gasteiger partial charge < -0.3 is 4.90 Å². The molecule has 0 saturated heterocycles. The first kappa shape index (κ1) is 17.4. The van der Waals surface area contributed by atoms with Gasteiger partial charge in [-0.1, -0.05) is 60.7 Å². The Morgan fingerprint density at radius 2 is 1.72 bits per heavy atom. The maximum absolute atomic E-state index is 13.2. The van der Waals surface area contributed by atoms with Crippen molar-refractivity contribution < 1.29 is 4.79 Å². The highest BCUT2D eigenvalue weighted by molar-refractivity contribution is 7.15. The molecule has 25 heavy (non-hydrogen) atoms. The molecule has 1 unspecified atom stereocenters. The number of hydrogen-bond donors (Lipinski definition) is 0. The molecule has 0 spiro atoms. The van der Waals surface area contributed by atoms with Crippen LogP contribution in [0.3, 0.4) is 0 Å². The molecular formula is C21H21N2OS. The van der Waals surface area contributed by atoms with Gasteiger partial charge in [0, 0.05) is 12.6 Å². The number of nitrogens with zero attached hydrogens (tertiary/aromatic N) is 2. The summed E-state index contributed by atoms with van der Waals surface area (Å²) in [5.41, 5.74) is 2.62. The van der Waals surface area contributed by atoms with Gasteiger partial charge in [-0.2, -0.15) is 0 Å². The number of carbonyl (C=O) groups excluding carboxylic acids is 1. The summed E-state index contributed by atoms with van der Waals surface area (Å²) in [6, 6.07) is 19.8. The summed E-state index contributed by atoms with van der Waals surface area (Å²) >= 11 is 1.55. The molecule has 0 bridgehead atoms. The minimum Gasteiger partial charge on any atom is -0.330 e. The third-order valence-corrected chi connectivity index (χ3v) is 4.98. The highest BCUT2D eigenvalue weighted by Gasteiger charge is 2.25. The molecule has 0 fully saturated rings. The fourth-order valence-electron chi connectivity index (χ4n) is 2.70. The molecule has 0 N–H and O–H groups in total. The van der Waals surface area contributed by atoms with E-state index in [1.165, 1.54) is 0 Å². The Kier molecular flexibility index (Phi) is 5.29. The average Bonchev–Trinajstić information content (AvgIpc) is 3.02. The second-order valence-electron chi connectivity index (χ2n) is 6.04. The summed E-state index contributed by atoms with van der Waals surface area (Å²) in [5, 5.41) is 0.888. The standard InChI is InChI=1S/C21H21N2OS/c1-15(2)23(14-17-10-6-4-7-11-17)21(24)19-20(25-16(3)22-19)18-12-8-5-9-13-18/h4-13,15H,1,14H2,2-3H3. The number of aromatic nitrogens is 1. The minimum absolute atomic E-state index is 0.0745. The van der Waals surface area contributed by atoms with Crippen LogP contribution < -0.4 is 0 Å². The van der Waals surface area contributed by atoms with Crippen molar-refractivity contribution in [1.29, 1.82) is 0 Å². The second kappa shape index (κ2) is 7.62. The summed E-state index contributed by atoms with van der Waals surface area (Å²) in [6.45, 7) is 8.46. The topological polar surface area (TPSA) is 33.2 Å². The van der Waals surface area contributed by atoms with Gasteiger partial charge in [-0.25, -0.2) is 4.98 Å². The quantitative estimate of drug-likeness (QED) is 0.650. The predicted octanol–water partition coefficient (Wildman–Crippen LogP) is 4.98. The predicted molar refractivity (Wildman–Crippen MR) is 103 cm³/mol. The molecule has 1 aromatic heterocycles. The van der Waals surface area contributed by atoms with Crippen LogP contribution in [0.15, 0.2) is 60.7 Å². The molecule has 4 heteroatoms. The van der Waals surface area contributed by atoms with Crippen LogP contribution in [0, 0.1) is 13.8 Å². The van der Waals surface area contributed by atoms with E-state index in [1.807, 2.05) is 74.5 Å². The molecule has 0 aliphatic carbocycles. The fourth-order valence-corrected chi connectivity index (χ4v) is 3.62. The molecule has 3 rings (SSSR count). The van der Waals surface area contributed by atoms with Crippen molar-refractivity contribution >= 4 is 17.2 Å². The first-order valence-corrected chi connectivity index (χ1v) is 9.08. The van der Waals surface area contributed by atoms with Gasteiger partial charge in [0.15, 0.2) is 0 Å². The molecule has 1 radical (unpaired) electrons. The summed E-state index contributed by atoms with van der Waals surface area (Å²) in [5.74, 6) is -0.0745. The van der Waals surface area contributed by atoms with E-state index in [0.717, 1.165) is 21.0 Å². The van der Waals surface area contributed by atoms with Gasteiger partial charge in [-0.05, 0) is 31.9 Å². The zero-order valence-electron chi connectivity index (χ0n) is 14.5. The van der Waals surface area contributed by atoms with Crippen molar-refractivity contribution in [3.8, 4) is 10.4 Å². The van der Waals surface area contributed by atoms with Gasteiger partial charge in [0.2, 0.25) is 0 Å². The van der Waals surface area contributed by atoms with Crippen molar-refractivity contribution in [3.05, 3.63) is 83.9 Å². The lowest BCUT2D eigenvalue weighted by atomic mass is 10.1. The van der Waals surface area contributed by atoms with Crippen LogP contribution in [0.25, 0.3) is 10.4 Å². The highest BCUT2D eigenvalue weighted by Crippen LogP contribution is 2.31. The average molecular weight is 349 g/mol. The third-order valence-electron chi connectivity index (χ3n) is 3.96. The van der Waals surface area contributed by atoms with E-state index in [2.05, 4.69) is 11.9 Å². The van der Waals surface area contributed by atoms with Crippen molar-refractivity contribution in [1.82, 2.24) is 9.88 Å². The van der Waals surface area contributed by atoms with Crippen LogP contribution in [0.4, 0.5) is 0 Å². The van der Waals surface area contributed by atoms with Gasteiger partial charge in [0.05, 0.1) is 9.88 Å². The van der Waals surface area contributed by atoms with E-state index < -0.39 is 0 Å². The minimum atomic E-state index is -0.154. The molecule has 3 nitrogen and oxygen atoms in total. The van der Waals surface area contributed by atoms with Crippen molar-refractivity contribution in [2.24, 2.45) is 0 Å². The fraction of sp³-hybridized carbons (Fsp3) is 0.190. The van der Waals surface area contributed by atoms with Crippen LogP contribution in [-0.4, -0.2) is 21.8 Å². The second-order valence-corrected chi connectivity index (χ2v) is 7.25.